The molecule has 4 nitrogen and oxygen atoms in total. The highest BCUT2D eigenvalue weighted by atomic mass is 32.2. The van der Waals surface area contributed by atoms with E-state index in [1.165, 1.54) is 12.1 Å². The van der Waals surface area contributed by atoms with E-state index < -0.39 is 10.1 Å². The Morgan fingerprint density at radius 2 is 1.74 bits per heavy atom. The third-order valence-corrected chi connectivity index (χ3v) is 4.07. The van der Waals surface area contributed by atoms with Crippen LogP contribution < -0.4 is 9.92 Å². The molecule has 2 aromatic carbocycles. The van der Waals surface area contributed by atoms with Crippen molar-refractivity contribution < 1.29 is 12.6 Å². The quantitative estimate of drug-likeness (QED) is 0.691. The molecule has 19 heavy (non-hydrogen) atoms. The first-order valence-electron chi connectivity index (χ1n) is 5.76. The van der Waals surface area contributed by atoms with Crippen molar-refractivity contribution in [1.82, 2.24) is 0 Å². The molecule has 0 heterocycles. The average Bonchev–Trinajstić information content (AvgIpc) is 2.32. The van der Waals surface area contributed by atoms with Crippen LogP contribution in [-0.4, -0.2) is 8.42 Å². The van der Waals surface area contributed by atoms with Crippen molar-refractivity contribution in [3.63, 3.8) is 0 Å². The lowest BCUT2D eigenvalue weighted by Crippen LogP contribution is -2.10. The molecule has 0 fully saturated rings. The van der Waals surface area contributed by atoms with E-state index in [0.29, 0.717) is 5.69 Å². The first-order valence-corrected chi connectivity index (χ1v) is 7.16. The summed E-state index contributed by atoms with van der Waals surface area (Å²) in [5.74, 6) is 0.207. The normalized spacial score (nSPS) is 11.3. The third kappa shape index (κ3) is 3.06. The van der Waals surface area contributed by atoms with E-state index in [1.807, 2.05) is 13.8 Å². The van der Waals surface area contributed by atoms with Gasteiger partial charge in [0.15, 0.2) is 0 Å². The lowest BCUT2D eigenvalue weighted by atomic mass is 10.1. The van der Waals surface area contributed by atoms with Crippen molar-refractivity contribution >= 4 is 15.8 Å². The molecular formula is C14H15NO3S. The summed E-state index contributed by atoms with van der Waals surface area (Å²) in [5.41, 5.74) is 7.97. The van der Waals surface area contributed by atoms with E-state index >= 15 is 0 Å². The Morgan fingerprint density at radius 1 is 1.00 bits per heavy atom. The molecular weight excluding hydrogens is 262 g/mol. The second-order valence-corrected chi connectivity index (χ2v) is 5.90. The van der Waals surface area contributed by atoms with Gasteiger partial charge in [-0.15, -0.1) is 0 Å². The molecule has 0 aromatic heterocycles. The predicted molar refractivity (Wildman–Crippen MR) is 74.6 cm³/mol. The monoisotopic (exact) mass is 277 g/mol. The molecule has 0 spiro atoms. The molecule has 0 amide bonds. The largest absolute Gasteiger partial charge is 0.399 e. The highest BCUT2D eigenvalue weighted by molar-refractivity contribution is 7.87. The van der Waals surface area contributed by atoms with Crippen LogP contribution in [0.5, 0.6) is 5.75 Å². The zero-order valence-electron chi connectivity index (χ0n) is 10.8. The fourth-order valence-electron chi connectivity index (χ4n) is 1.61. The molecule has 0 radical (unpaired) electrons. The molecule has 0 aliphatic carbocycles. The van der Waals surface area contributed by atoms with Crippen LogP contribution in [0, 0.1) is 13.8 Å². The molecule has 2 aromatic rings. The second-order valence-electron chi connectivity index (χ2n) is 4.36. The van der Waals surface area contributed by atoms with Gasteiger partial charge in [-0.25, -0.2) is 0 Å². The van der Waals surface area contributed by atoms with E-state index in [0.717, 1.165) is 11.1 Å². The summed E-state index contributed by atoms with van der Waals surface area (Å²) >= 11 is 0. The van der Waals surface area contributed by atoms with Gasteiger partial charge in [0.05, 0.1) is 0 Å². The summed E-state index contributed by atoms with van der Waals surface area (Å²) in [6.07, 6.45) is 0. The maximum Gasteiger partial charge on any atom is 0.339 e. The van der Waals surface area contributed by atoms with Gasteiger partial charge in [0, 0.05) is 11.8 Å². The van der Waals surface area contributed by atoms with Crippen LogP contribution in [0.3, 0.4) is 0 Å². The zero-order chi connectivity index (χ0) is 14.0. The minimum absolute atomic E-state index is 0.137. The van der Waals surface area contributed by atoms with Gasteiger partial charge in [-0.1, -0.05) is 12.1 Å². The Bertz CT molecular complexity index is 708. The van der Waals surface area contributed by atoms with Gasteiger partial charge in [0.1, 0.15) is 10.6 Å². The Hall–Kier alpha value is -2.01. The number of nitrogens with two attached hydrogens (primary N) is 1. The summed E-state index contributed by atoms with van der Waals surface area (Å²) in [5, 5.41) is 0. The van der Waals surface area contributed by atoms with Crippen molar-refractivity contribution in [3.05, 3.63) is 53.6 Å². The zero-order valence-corrected chi connectivity index (χ0v) is 11.6. The maximum atomic E-state index is 12.1. The molecule has 0 atom stereocenters. The first kappa shape index (κ1) is 13.4. The van der Waals surface area contributed by atoms with Crippen LogP contribution in [0.15, 0.2) is 47.4 Å². The van der Waals surface area contributed by atoms with Gasteiger partial charge >= 0.3 is 10.1 Å². The van der Waals surface area contributed by atoms with Gasteiger partial charge in [-0.3, -0.25) is 0 Å². The van der Waals surface area contributed by atoms with Gasteiger partial charge < -0.3 is 9.92 Å². The minimum Gasteiger partial charge on any atom is -0.399 e. The molecule has 0 aliphatic rings. The molecule has 0 unspecified atom stereocenters. The number of anilines is 1. The van der Waals surface area contributed by atoms with Crippen molar-refractivity contribution in [1.29, 1.82) is 0 Å². The van der Waals surface area contributed by atoms with Crippen molar-refractivity contribution in [2.45, 2.75) is 18.7 Å². The van der Waals surface area contributed by atoms with Crippen molar-refractivity contribution in [2.75, 3.05) is 5.73 Å². The lowest BCUT2D eigenvalue weighted by molar-refractivity contribution is 0.486. The van der Waals surface area contributed by atoms with E-state index in [-0.39, 0.29) is 10.6 Å². The van der Waals surface area contributed by atoms with Gasteiger partial charge in [-0.05, 0) is 49.2 Å². The van der Waals surface area contributed by atoms with Gasteiger partial charge in [0.2, 0.25) is 0 Å². The Balaban J connectivity index is 2.35. The van der Waals surface area contributed by atoms with Crippen LogP contribution in [0.25, 0.3) is 0 Å². The topological polar surface area (TPSA) is 69.4 Å². The summed E-state index contributed by atoms with van der Waals surface area (Å²) in [6, 6.07) is 11.2. The highest BCUT2D eigenvalue weighted by Gasteiger charge is 2.17. The van der Waals surface area contributed by atoms with Crippen LogP contribution in [-0.2, 0) is 10.1 Å². The van der Waals surface area contributed by atoms with Crippen molar-refractivity contribution in [3.8, 4) is 5.75 Å². The first-order chi connectivity index (χ1) is 8.88. The Morgan fingerprint density at radius 3 is 2.37 bits per heavy atom. The van der Waals surface area contributed by atoms with Crippen LogP contribution >= 0.6 is 0 Å². The molecule has 0 aliphatic heterocycles. The van der Waals surface area contributed by atoms with Crippen LogP contribution in [0.4, 0.5) is 5.69 Å². The van der Waals surface area contributed by atoms with Gasteiger partial charge in [0.25, 0.3) is 0 Å². The van der Waals surface area contributed by atoms with E-state index in [4.69, 9.17) is 9.92 Å². The molecule has 5 heteroatoms. The lowest BCUT2D eigenvalue weighted by Gasteiger charge is -2.09. The predicted octanol–water partition coefficient (Wildman–Crippen LogP) is 2.65. The molecule has 100 valence electrons. The van der Waals surface area contributed by atoms with Crippen LogP contribution in [0.2, 0.25) is 0 Å². The molecule has 0 saturated carbocycles. The average molecular weight is 277 g/mol. The molecule has 2 N–H and O–H groups in total. The summed E-state index contributed by atoms with van der Waals surface area (Å²) < 4.78 is 29.3. The molecule has 2 rings (SSSR count). The minimum atomic E-state index is -3.82. The van der Waals surface area contributed by atoms with E-state index in [9.17, 15) is 8.42 Å². The standard InChI is InChI=1S/C14H15NO3S/c1-10-6-7-14(8-11(10)2)19(16,17)18-13-5-3-4-12(15)9-13/h3-9H,15H2,1-2H3. The Labute approximate surface area is 113 Å². The number of hydrogen-bond donors (Lipinski definition) is 1. The number of rotatable bonds is 3. The van der Waals surface area contributed by atoms with Gasteiger partial charge in [-0.2, -0.15) is 8.42 Å². The summed E-state index contributed by atoms with van der Waals surface area (Å²) in [4.78, 5) is 0.137. The van der Waals surface area contributed by atoms with Crippen molar-refractivity contribution in [2.24, 2.45) is 0 Å². The SMILES string of the molecule is Cc1ccc(S(=O)(=O)Oc2cccc(N)c2)cc1C. The van der Waals surface area contributed by atoms with Crippen LogP contribution in [0.1, 0.15) is 11.1 Å². The fraction of sp³-hybridized carbons (Fsp3) is 0.143. The molecule has 0 bridgehead atoms. The fourth-order valence-corrected chi connectivity index (χ4v) is 2.62. The maximum absolute atomic E-state index is 12.1. The smallest absolute Gasteiger partial charge is 0.339 e. The third-order valence-electron chi connectivity index (χ3n) is 2.83. The second kappa shape index (κ2) is 4.93. The number of benzene rings is 2. The highest BCUT2D eigenvalue weighted by Crippen LogP contribution is 2.22. The van der Waals surface area contributed by atoms with E-state index in [2.05, 4.69) is 0 Å². The molecule has 0 saturated heterocycles. The number of nitrogen functional groups attached to an aromatic ring is 1. The Kier molecular flexibility index (Phi) is 3.48. The number of aryl methyl sites for hydroxylation is 2. The summed E-state index contributed by atoms with van der Waals surface area (Å²) in [7, 11) is -3.82. The summed E-state index contributed by atoms with van der Waals surface area (Å²) in [6.45, 7) is 3.78. The number of hydrogen-bond acceptors (Lipinski definition) is 4. The van der Waals surface area contributed by atoms with E-state index in [1.54, 1.807) is 30.3 Å².